The van der Waals surface area contributed by atoms with Crippen LogP contribution < -0.4 is 0 Å². The number of likely N-dealkylation sites (N-methyl/N-ethyl adjacent to an activating group) is 1. The second kappa shape index (κ2) is 7.44. The number of aliphatic carboxylic acids is 1. The Bertz CT molecular complexity index is 776. The number of carbonyl (C=O) groups excluding carboxylic acids is 1. The van der Waals surface area contributed by atoms with Gasteiger partial charge in [0, 0.05) is 26.1 Å². The van der Waals surface area contributed by atoms with E-state index in [4.69, 9.17) is 5.11 Å². The number of carboxylic acids is 1. The highest BCUT2D eigenvalue weighted by Gasteiger charge is 2.34. The second-order valence-electron chi connectivity index (χ2n) is 5.84. The summed E-state index contributed by atoms with van der Waals surface area (Å²) in [6.07, 6.45) is 0.359. The molecule has 1 aliphatic rings. The molecule has 0 unspecified atom stereocenters. The number of rotatable bonds is 5. The predicted octanol–water partition coefficient (Wildman–Crippen LogP) is 0.908. The van der Waals surface area contributed by atoms with E-state index in [0.717, 1.165) is 21.3 Å². The average molecular weight is 376 g/mol. The molecule has 0 aliphatic carbocycles. The lowest BCUT2D eigenvalue weighted by Crippen LogP contribution is -2.44. The maximum Gasteiger partial charge on any atom is 0.323 e. The van der Waals surface area contributed by atoms with Gasteiger partial charge in [-0.15, -0.1) is 0 Å². The van der Waals surface area contributed by atoms with Crippen molar-refractivity contribution in [3.63, 3.8) is 0 Å². The van der Waals surface area contributed by atoms with E-state index in [2.05, 4.69) is 0 Å². The summed E-state index contributed by atoms with van der Waals surface area (Å²) in [5.74, 6) is -3.93. The van der Waals surface area contributed by atoms with Crippen molar-refractivity contribution in [2.75, 3.05) is 26.7 Å². The Morgan fingerprint density at radius 1 is 1.28 bits per heavy atom. The van der Waals surface area contributed by atoms with Gasteiger partial charge in [-0.25, -0.2) is 17.2 Å². The topological polar surface area (TPSA) is 95.0 Å². The van der Waals surface area contributed by atoms with Crippen molar-refractivity contribution in [2.45, 2.75) is 17.7 Å². The molecule has 0 radical (unpaired) electrons. The average Bonchev–Trinajstić information content (AvgIpc) is 2.55. The van der Waals surface area contributed by atoms with Crippen molar-refractivity contribution in [1.29, 1.82) is 0 Å². The number of benzene rings is 1. The van der Waals surface area contributed by atoms with Crippen molar-refractivity contribution in [3.8, 4) is 0 Å². The minimum atomic E-state index is -4.20. The molecule has 10 heteroatoms. The van der Waals surface area contributed by atoms with Crippen LogP contribution in [-0.4, -0.2) is 61.3 Å². The van der Waals surface area contributed by atoms with E-state index >= 15 is 0 Å². The van der Waals surface area contributed by atoms with Gasteiger partial charge in [-0.2, -0.15) is 4.31 Å². The van der Waals surface area contributed by atoms with Gasteiger partial charge in [0.2, 0.25) is 15.9 Å². The third kappa shape index (κ3) is 4.31. The first kappa shape index (κ1) is 19.3. The van der Waals surface area contributed by atoms with Crippen LogP contribution in [0.2, 0.25) is 0 Å². The summed E-state index contributed by atoms with van der Waals surface area (Å²) < 4.78 is 53.0. The summed E-state index contributed by atoms with van der Waals surface area (Å²) in [5.41, 5.74) is 0. The number of piperidine rings is 1. The Hall–Kier alpha value is -2.07. The van der Waals surface area contributed by atoms with Crippen molar-refractivity contribution < 1.29 is 31.9 Å². The Kier molecular flexibility index (Phi) is 5.73. The molecule has 1 fully saturated rings. The molecule has 1 saturated heterocycles. The largest absolute Gasteiger partial charge is 0.480 e. The molecule has 138 valence electrons. The van der Waals surface area contributed by atoms with Crippen LogP contribution in [0.15, 0.2) is 23.1 Å². The van der Waals surface area contributed by atoms with Gasteiger partial charge in [-0.1, -0.05) is 0 Å². The van der Waals surface area contributed by atoms with Crippen LogP contribution in [0.5, 0.6) is 0 Å². The molecule has 1 amide bonds. The van der Waals surface area contributed by atoms with Gasteiger partial charge in [0.1, 0.15) is 23.1 Å². The molecule has 1 aromatic rings. The molecule has 25 heavy (non-hydrogen) atoms. The van der Waals surface area contributed by atoms with Gasteiger partial charge in [0.25, 0.3) is 0 Å². The van der Waals surface area contributed by atoms with E-state index in [-0.39, 0.29) is 31.8 Å². The Labute approximate surface area is 143 Å². The summed E-state index contributed by atoms with van der Waals surface area (Å²) in [6, 6.07) is 2.21. The molecule has 1 aromatic carbocycles. The number of sulfonamides is 1. The fourth-order valence-corrected chi connectivity index (χ4v) is 4.30. The number of carbonyl (C=O) groups is 2. The summed E-state index contributed by atoms with van der Waals surface area (Å²) in [6.45, 7) is -0.503. The van der Waals surface area contributed by atoms with E-state index < -0.39 is 45.0 Å². The van der Waals surface area contributed by atoms with E-state index in [0.29, 0.717) is 6.07 Å². The number of carboxylic acid groups (broad SMARTS) is 1. The summed E-state index contributed by atoms with van der Waals surface area (Å²) in [7, 11) is -2.84. The normalized spacial score (nSPS) is 16.6. The molecule has 0 atom stereocenters. The third-order valence-electron chi connectivity index (χ3n) is 4.06. The summed E-state index contributed by atoms with van der Waals surface area (Å²) >= 11 is 0. The lowest BCUT2D eigenvalue weighted by atomic mass is 9.97. The zero-order valence-corrected chi connectivity index (χ0v) is 14.3. The monoisotopic (exact) mass is 376 g/mol. The minimum Gasteiger partial charge on any atom is -0.480 e. The van der Waals surface area contributed by atoms with E-state index in [9.17, 15) is 26.8 Å². The fourth-order valence-electron chi connectivity index (χ4n) is 2.75. The highest BCUT2D eigenvalue weighted by molar-refractivity contribution is 7.89. The molecule has 0 aromatic heterocycles. The first-order chi connectivity index (χ1) is 11.6. The zero-order valence-electron chi connectivity index (χ0n) is 13.5. The number of amides is 1. The SMILES string of the molecule is CN(CC(=O)O)C(=O)C1CCN(S(=O)(=O)c2cc(F)ccc2F)CC1. The van der Waals surface area contributed by atoms with Gasteiger partial charge in [0.05, 0.1) is 0 Å². The van der Waals surface area contributed by atoms with Gasteiger partial charge in [-0.3, -0.25) is 9.59 Å². The van der Waals surface area contributed by atoms with Crippen LogP contribution in [0.3, 0.4) is 0 Å². The Balaban J connectivity index is 2.07. The Morgan fingerprint density at radius 2 is 1.88 bits per heavy atom. The molecular weight excluding hydrogens is 358 g/mol. The summed E-state index contributed by atoms with van der Waals surface area (Å²) in [5, 5.41) is 8.71. The standard InChI is InChI=1S/C15H18F2N2O5S/c1-18(9-14(20)21)15(22)10-4-6-19(7-5-10)25(23,24)13-8-11(16)2-3-12(13)17/h2-3,8,10H,4-7,9H2,1H3,(H,20,21). The van der Waals surface area contributed by atoms with Gasteiger partial charge >= 0.3 is 5.97 Å². The molecule has 1 aliphatic heterocycles. The van der Waals surface area contributed by atoms with Gasteiger partial charge < -0.3 is 10.0 Å². The molecule has 2 rings (SSSR count). The molecule has 7 nitrogen and oxygen atoms in total. The maximum absolute atomic E-state index is 13.8. The van der Waals surface area contributed by atoms with E-state index in [1.807, 2.05) is 0 Å². The third-order valence-corrected chi connectivity index (χ3v) is 5.98. The predicted molar refractivity (Wildman–Crippen MR) is 83.1 cm³/mol. The van der Waals surface area contributed by atoms with Crippen molar-refractivity contribution in [1.82, 2.24) is 9.21 Å². The fraction of sp³-hybridized carbons (Fsp3) is 0.467. The quantitative estimate of drug-likeness (QED) is 0.824. The first-order valence-electron chi connectivity index (χ1n) is 7.55. The van der Waals surface area contributed by atoms with E-state index in [1.54, 1.807) is 0 Å². The van der Waals surface area contributed by atoms with Gasteiger partial charge in [0.15, 0.2) is 0 Å². The second-order valence-corrected chi connectivity index (χ2v) is 7.75. The Morgan fingerprint density at radius 3 is 2.44 bits per heavy atom. The van der Waals surface area contributed by atoms with Crippen LogP contribution >= 0.6 is 0 Å². The maximum atomic E-state index is 13.8. The smallest absolute Gasteiger partial charge is 0.323 e. The van der Waals surface area contributed by atoms with Crippen LogP contribution in [-0.2, 0) is 19.6 Å². The lowest BCUT2D eigenvalue weighted by Gasteiger charge is -2.32. The molecular formula is C15H18F2N2O5S. The molecule has 0 saturated carbocycles. The highest BCUT2D eigenvalue weighted by Crippen LogP contribution is 2.26. The lowest BCUT2D eigenvalue weighted by molar-refractivity contribution is -0.145. The zero-order chi connectivity index (χ0) is 18.8. The van der Waals surface area contributed by atoms with E-state index in [1.165, 1.54) is 7.05 Å². The van der Waals surface area contributed by atoms with Crippen LogP contribution in [0.1, 0.15) is 12.8 Å². The molecule has 1 N–H and O–H groups in total. The van der Waals surface area contributed by atoms with Crippen LogP contribution in [0.4, 0.5) is 8.78 Å². The molecule has 1 heterocycles. The molecule has 0 bridgehead atoms. The highest BCUT2D eigenvalue weighted by atomic mass is 32.2. The van der Waals surface area contributed by atoms with Gasteiger partial charge in [-0.05, 0) is 31.0 Å². The number of nitrogens with zero attached hydrogens (tertiary/aromatic N) is 2. The number of hydrogen-bond acceptors (Lipinski definition) is 4. The van der Waals surface area contributed by atoms with Crippen LogP contribution in [0, 0.1) is 17.6 Å². The first-order valence-corrected chi connectivity index (χ1v) is 8.99. The van der Waals surface area contributed by atoms with Crippen molar-refractivity contribution >= 4 is 21.9 Å². The van der Waals surface area contributed by atoms with Crippen LogP contribution in [0.25, 0.3) is 0 Å². The minimum absolute atomic E-state index is 0.0321. The molecule has 0 spiro atoms. The van der Waals surface area contributed by atoms with Crippen molar-refractivity contribution in [2.24, 2.45) is 5.92 Å². The summed E-state index contributed by atoms with van der Waals surface area (Å²) in [4.78, 5) is 23.1. The number of halogens is 2. The van der Waals surface area contributed by atoms with Crippen molar-refractivity contribution in [3.05, 3.63) is 29.8 Å². The number of hydrogen-bond donors (Lipinski definition) is 1.